The van der Waals surface area contributed by atoms with Crippen molar-refractivity contribution >= 4 is 29.3 Å². The summed E-state index contributed by atoms with van der Waals surface area (Å²) in [5, 5.41) is 15.5. The minimum Gasteiger partial charge on any atom is -0.388 e. The molecule has 0 fully saturated rings. The molecule has 26 heavy (non-hydrogen) atoms. The highest BCUT2D eigenvalue weighted by atomic mass is 32.2. The maximum absolute atomic E-state index is 12.1. The number of benzene rings is 2. The Bertz CT molecular complexity index is 748. The summed E-state index contributed by atoms with van der Waals surface area (Å²) in [6.07, 6.45) is 3.07. The maximum Gasteiger partial charge on any atom is 0.313 e. The lowest BCUT2D eigenvalue weighted by Gasteiger charge is -2.23. The van der Waals surface area contributed by atoms with Crippen LogP contribution in [0.2, 0.25) is 0 Å². The Morgan fingerprint density at radius 3 is 2.38 bits per heavy atom. The smallest absolute Gasteiger partial charge is 0.313 e. The molecule has 138 valence electrons. The minimum atomic E-state index is -1.09. The molecule has 1 unspecified atom stereocenters. The monoisotopic (exact) mass is 372 g/mol. The lowest BCUT2D eigenvalue weighted by atomic mass is 9.97. The van der Waals surface area contributed by atoms with Gasteiger partial charge in [-0.3, -0.25) is 9.59 Å². The highest BCUT2D eigenvalue weighted by molar-refractivity contribution is 7.98. The van der Waals surface area contributed by atoms with Gasteiger partial charge in [-0.15, -0.1) is 11.8 Å². The van der Waals surface area contributed by atoms with Crippen molar-refractivity contribution in [1.29, 1.82) is 0 Å². The number of thioether (sulfide) groups is 1. The fourth-order valence-corrected chi connectivity index (χ4v) is 2.98. The summed E-state index contributed by atoms with van der Waals surface area (Å²) < 4.78 is 0. The predicted octanol–water partition coefficient (Wildman–Crippen LogP) is 2.85. The normalized spacial score (nSPS) is 12.9. The topological polar surface area (TPSA) is 78.4 Å². The van der Waals surface area contributed by atoms with Gasteiger partial charge in [-0.25, -0.2) is 0 Å². The Morgan fingerprint density at radius 1 is 1.04 bits per heavy atom. The Kier molecular flexibility index (Phi) is 7.24. The van der Waals surface area contributed by atoms with Crippen molar-refractivity contribution in [3.8, 4) is 0 Å². The van der Waals surface area contributed by atoms with Crippen LogP contribution in [0.25, 0.3) is 0 Å². The number of hydrogen-bond donors (Lipinski definition) is 3. The number of carbonyl (C=O) groups is 2. The largest absolute Gasteiger partial charge is 0.388 e. The number of carbonyl (C=O) groups excluding carboxylic acids is 2. The molecule has 1 atom stereocenters. The zero-order valence-electron chi connectivity index (χ0n) is 15.0. The molecule has 2 aromatic rings. The number of hydrogen-bond acceptors (Lipinski definition) is 4. The summed E-state index contributed by atoms with van der Waals surface area (Å²) in [7, 11) is 0. The second-order valence-corrected chi connectivity index (χ2v) is 7.17. The van der Waals surface area contributed by atoms with Crippen molar-refractivity contribution in [3.05, 3.63) is 60.2 Å². The number of amides is 2. The molecular formula is C20H24N2O3S. The molecule has 0 spiro atoms. The number of rotatable bonds is 7. The lowest BCUT2D eigenvalue weighted by Crippen LogP contribution is -2.44. The zero-order chi connectivity index (χ0) is 19.0. The summed E-state index contributed by atoms with van der Waals surface area (Å²) in [6, 6.07) is 17.1. The van der Waals surface area contributed by atoms with Crippen LogP contribution in [0, 0.1) is 0 Å². The van der Waals surface area contributed by atoms with E-state index < -0.39 is 17.4 Å². The van der Waals surface area contributed by atoms with E-state index in [2.05, 4.69) is 10.6 Å². The lowest BCUT2D eigenvalue weighted by molar-refractivity contribution is -0.136. The van der Waals surface area contributed by atoms with Crippen molar-refractivity contribution in [2.75, 3.05) is 18.1 Å². The van der Waals surface area contributed by atoms with Crippen LogP contribution in [0.5, 0.6) is 0 Å². The number of para-hydroxylation sites is 1. The van der Waals surface area contributed by atoms with E-state index in [-0.39, 0.29) is 6.54 Å². The van der Waals surface area contributed by atoms with Gasteiger partial charge in [-0.05, 0) is 43.7 Å². The predicted molar refractivity (Wildman–Crippen MR) is 105 cm³/mol. The van der Waals surface area contributed by atoms with E-state index in [1.165, 1.54) is 11.8 Å². The van der Waals surface area contributed by atoms with Crippen LogP contribution in [0.1, 0.15) is 18.9 Å². The Morgan fingerprint density at radius 2 is 1.69 bits per heavy atom. The molecule has 0 aliphatic heterocycles. The molecular weight excluding hydrogens is 348 g/mol. The minimum absolute atomic E-state index is 0.0102. The Labute approximate surface area is 158 Å². The van der Waals surface area contributed by atoms with E-state index >= 15 is 0 Å². The summed E-state index contributed by atoms with van der Waals surface area (Å²) >= 11 is 1.48. The molecule has 0 heterocycles. The van der Waals surface area contributed by atoms with Gasteiger partial charge in [0.2, 0.25) is 0 Å². The first-order valence-electron chi connectivity index (χ1n) is 8.40. The van der Waals surface area contributed by atoms with Crippen LogP contribution in [-0.4, -0.2) is 35.3 Å². The quantitative estimate of drug-likeness (QED) is 0.516. The molecule has 2 rings (SSSR count). The van der Waals surface area contributed by atoms with Crippen molar-refractivity contribution in [3.63, 3.8) is 0 Å². The van der Waals surface area contributed by atoms with Crippen LogP contribution < -0.4 is 10.6 Å². The molecule has 6 heteroatoms. The van der Waals surface area contributed by atoms with Crippen molar-refractivity contribution < 1.29 is 14.7 Å². The third-order valence-corrected chi connectivity index (χ3v) is 4.78. The molecule has 0 aliphatic rings. The van der Waals surface area contributed by atoms with Gasteiger partial charge in [0.1, 0.15) is 0 Å². The Hall–Kier alpha value is -2.31. The number of aliphatic hydroxyl groups is 1. The summed E-state index contributed by atoms with van der Waals surface area (Å²) in [4.78, 5) is 25.0. The molecule has 0 aliphatic carbocycles. The Balaban J connectivity index is 1.83. The van der Waals surface area contributed by atoms with Gasteiger partial charge in [0.05, 0.1) is 11.3 Å². The highest BCUT2D eigenvalue weighted by Crippen LogP contribution is 2.24. The van der Waals surface area contributed by atoms with Crippen LogP contribution in [0.15, 0.2) is 59.5 Å². The van der Waals surface area contributed by atoms with E-state index in [1.807, 2.05) is 48.7 Å². The van der Waals surface area contributed by atoms with Gasteiger partial charge in [0.15, 0.2) is 0 Å². The van der Waals surface area contributed by atoms with Gasteiger partial charge >= 0.3 is 11.8 Å². The second-order valence-electron chi connectivity index (χ2n) is 6.32. The van der Waals surface area contributed by atoms with E-state index in [4.69, 9.17) is 0 Å². The third-order valence-electron chi connectivity index (χ3n) is 3.99. The molecule has 0 bridgehead atoms. The molecule has 0 aromatic heterocycles. The molecule has 0 saturated heterocycles. The zero-order valence-corrected chi connectivity index (χ0v) is 15.8. The molecule has 2 amide bonds. The number of anilines is 1. The second kappa shape index (κ2) is 9.40. The number of nitrogens with one attached hydrogen (secondary N) is 2. The third kappa shape index (κ3) is 6.20. The highest BCUT2D eigenvalue weighted by Gasteiger charge is 2.23. The maximum atomic E-state index is 12.1. The summed E-state index contributed by atoms with van der Waals surface area (Å²) in [5.74, 6) is -1.51. The SMILES string of the molecule is CSc1ccccc1NC(=O)C(=O)NCC(C)(O)CCc1ccccc1. The van der Waals surface area contributed by atoms with E-state index in [0.29, 0.717) is 18.5 Å². The summed E-state index contributed by atoms with van der Waals surface area (Å²) in [5.41, 5.74) is 0.615. The van der Waals surface area contributed by atoms with E-state index in [9.17, 15) is 14.7 Å². The standard InChI is InChI=1S/C20H24N2O3S/c1-20(25,13-12-15-8-4-3-5-9-15)14-21-18(23)19(24)22-16-10-6-7-11-17(16)26-2/h3-11,25H,12-14H2,1-2H3,(H,21,23)(H,22,24). The molecule has 0 saturated carbocycles. The van der Waals surface area contributed by atoms with Gasteiger partial charge < -0.3 is 15.7 Å². The van der Waals surface area contributed by atoms with Crippen molar-refractivity contribution in [1.82, 2.24) is 5.32 Å². The first kappa shape index (κ1) is 20.0. The van der Waals surface area contributed by atoms with Crippen molar-refractivity contribution in [2.24, 2.45) is 0 Å². The average Bonchev–Trinajstić information content (AvgIpc) is 2.66. The fraction of sp³-hybridized carbons (Fsp3) is 0.300. The molecule has 0 radical (unpaired) electrons. The molecule has 2 aromatic carbocycles. The van der Waals surface area contributed by atoms with Crippen LogP contribution in [0.4, 0.5) is 5.69 Å². The van der Waals surface area contributed by atoms with Crippen molar-refractivity contribution in [2.45, 2.75) is 30.3 Å². The van der Waals surface area contributed by atoms with Gasteiger partial charge in [0.25, 0.3) is 0 Å². The first-order chi connectivity index (χ1) is 12.4. The average molecular weight is 372 g/mol. The van der Waals surface area contributed by atoms with Gasteiger partial charge in [0, 0.05) is 11.4 Å². The summed E-state index contributed by atoms with van der Waals surface area (Å²) in [6.45, 7) is 1.66. The van der Waals surface area contributed by atoms with Crippen LogP contribution in [-0.2, 0) is 16.0 Å². The van der Waals surface area contributed by atoms with E-state index in [0.717, 1.165) is 10.5 Å². The van der Waals surface area contributed by atoms with E-state index in [1.54, 1.807) is 19.1 Å². The molecule has 3 N–H and O–H groups in total. The van der Waals surface area contributed by atoms with Crippen LogP contribution >= 0.6 is 11.8 Å². The number of aryl methyl sites for hydroxylation is 1. The first-order valence-corrected chi connectivity index (χ1v) is 9.62. The fourth-order valence-electron chi connectivity index (χ4n) is 2.42. The van der Waals surface area contributed by atoms with Crippen LogP contribution in [0.3, 0.4) is 0 Å². The van der Waals surface area contributed by atoms with Gasteiger partial charge in [-0.1, -0.05) is 42.5 Å². The van der Waals surface area contributed by atoms with Gasteiger partial charge in [-0.2, -0.15) is 0 Å². The molecule has 5 nitrogen and oxygen atoms in total.